The fraction of sp³-hybridized carbons (Fsp3) is 0.480. The van der Waals surface area contributed by atoms with Gasteiger partial charge in [0.2, 0.25) is 15.9 Å². The fourth-order valence-corrected chi connectivity index (χ4v) is 6.20. The van der Waals surface area contributed by atoms with E-state index in [1.165, 1.54) is 16.4 Å². The van der Waals surface area contributed by atoms with Crippen LogP contribution in [0.3, 0.4) is 0 Å². The molecule has 1 amide bonds. The number of nitrogen functional groups attached to an aromatic ring is 1. The highest BCUT2D eigenvalue weighted by Gasteiger charge is 2.31. The van der Waals surface area contributed by atoms with Gasteiger partial charge in [-0.15, -0.1) is 0 Å². The minimum Gasteiger partial charge on any atom is -0.399 e. The molecule has 9 nitrogen and oxygen atoms in total. The zero-order valence-electron chi connectivity index (χ0n) is 20.6. The third-order valence-electron chi connectivity index (χ3n) is 6.55. The second kappa shape index (κ2) is 10.3. The maximum atomic E-state index is 13.3. The predicted octanol–water partition coefficient (Wildman–Crippen LogP) is 2.91. The number of sulfonamides is 1. The number of anilines is 1. The lowest BCUT2D eigenvalue weighted by molar-refractivity contribution is -0.132. The number of piperidine rings is 1. The van der Waals surface area contributed by atoms with Gasteiger partial charge in [-0.2, -0.15) is 4.31 Å². The van der Waals surface area contributed by atoms with Crippen molar-refractivity contribution in [2.75, 3.05) is 31.9 Å². The molecule has 1 aliphatic heterocycles. The zero-order valence-corrected chi connectivity index (χ0v) is 21.4. The summed E-state index contributed by atoms with van der Waals surface area (Å²) in [6, 6.07) is 8.10. The van der Waals surface area contributed by atoms with Crippen LogP contribution >= 0.6 is 0 Å². The molecule has 1 aromatic carbocycles. The third kappa shape index (κ3) is 5.65. The number of pyridine rings is 1. The largest absolute Gasteiger partial charge is 0.399 e. The normalized spacial score (nSPS) is 15.4. The van der Waals surface area contributed by atoms with Gasteiger partial charge >= 0.3 is 0 Å². The molecule has 0 aliphatic carbocycles. The highest BCUT2D eigenvalue weighted by atomic mass is 32.2. The van der Waals surface area contributed by atoms with Gasteiger partial charge in [0.1, 0.15) is 11.3 Å². The first-order chi connectivity index (χ1) is 16.6. The molecule has 0 unspecified atom stereocenters. The SMILES string of the molecule is Cc1nc2cnccc2n1CC1CCN(C(=O)CN(CC(C)C)S(=O)(=O)c2ccc(N)cc2)CC1. The Morgan fingerprint density at radius 3 is 2.51 bits per heavy atom. The van der Waals surface area contributed by atoms with E-state index in [0.717, 1.165) is 36.2 Å². The molecule has 1 aliphatic rings. The van der Waals surface area contributed by atoms with Crippen molar-refractivity contribution in [2.24, 2.45) is 11.8 Å². The van der Waals surface area contributed by atoms with E-state index in [4.69, 9.17) is 5.73 Å². The van der Waals surface area contributed by atoms with Crippen LogP contribution in [0.4, 0.5) is 5.69 Å². The first-order valence-electron chi connectivity index (χ1n) is 12.1. The zero-order chi connectivity index (χ0) is 25.2. The van der Waals surface area contributed by atoms with Crippen LogP contribution < -0.4 is 5.73 Å². The van der Waals surface area contributed by atoms with Crippen LogP contribution in [-0.2, 0) is 21.4 Å². The van der Waals surface area contributed by atoms with Gasteiger partial charge in [-0.3, -0.25) is 9.78 Å². The second-order valence-corrected chi connectivity index (χ2v) is 11.7. The first-order valence-corrected chi connectivity index (χ1v) is 13.5. The molecule has 10 heteroatoms. The van der Waals surface area contributed by atoms with Crippen molar-refractivity contribution in [3.63, 3.8) is 0 Å². The third-order valence-corrected chi connectivity index (χ3v) is 8.37. The standard InChI is InChI=1S/C25H34N6O3S/c1-18(2)15-30(35(33,34)22-6-4-21(26)5-7-22)17-25(32)29-12-9-20(10-13-29)16-31-19(3)28-23-14-27-11-8-24(23)31/h4-8,11,14,18,20H,9-10,12-13,15-17,26H2,1-3H3. The van der Waals surface area contributed by atoms with E-state index in [1.807, 2.05) is 26.8 Å². The number of aromatic nitrogens is 3. The summed E-state index contributed by atoms with van der Waals surface area (Å²) in [5.74, 6) is 1.32. The van der Waals surface area contributed by atoms with Gasteiger partial charge in [-0.1, -0.05) is 13.8 Å². The predicted molar refractivity (Wildman–Crippen MR) is 136 cm³/mol. The van der Waals surface area contributed by atoms with Crippen LogP contribution in [0.15, 0.2) is 47.6 Å². The van der Waals surface area contributed by atoms with Crippen LogP contribution in [-0.4, -0.2) is 64.2 Å². The molecule has 35 heavy (non-hydrogen) atoms. The topological polar surface area (TPSA) is 114 Å². The van der Waals surface area contributed by atoms with E-state index in [0.29, 0.717) is 24.7 Å². The Kier molecular flexibility index (Phi) is 7.42. The molecule has 2 N–H and O–H groups in total. The summed E-state index contributed by atoms with van der Waals surface area (Å²) in [7, 11) is -3.80. The molecule has 3 heterocycles. The summed E-state index contributed by atoms with van der Waals surface area (Å²) in [5, 5.41) is 0. The number of fused-ring (bicyclic) bond motifs is 1. The van der Waals surface area contributed by atoms with Crippen molar-refractivity contribution >= 4 is 32.7 Å². The van der Waals surface area contributed by atoms with E-state index in [2.05, 4.69) is 14.5 Å². The number of likely N-dealkylation sites (tertiary alicyclic amines) is 1. The van der Waals surface area contributed by atoms with E-state index >= 15 is 0 Å². The number of carbonyl (C=O) groups is 1. The Balaban J connectivity index is 1.40. The van der Waals surface area contributed by atoms with Gasteiger partial charge in [0, 0.05) is 38.1 Å². The van der Waals surface area contributed by atoms with Gasteiger partial charge in [-0.05, 0) is 61.9 Å². The number of benzene rings is 1. The molecule has 0 radical (unpaired) electrons. The van der Waals surface area contributed by atoms with Crippen molar-refractivity contribution < 1.29 is 13.2 Å². The summed E-state index contributed by atoms with van der Waals surface area (Å²) >= 11 is 0. The molecule has 0 saturated carbocycles. The number of rotatable bonds is 8. The number of aryl methyl sites for hydroxylation is 1. The Morgan fingerprint density at radius 2 is 1.86 bits per heavy atom. The lowest BCUT2D eigenvalue weighted by Gasteiger charge is -2.34. The van der Waals surface area contributed by atoms with Crippen LogP contribution in [0.1, 0.15) is 32.5 Å². The Morgan fingerprint density at radius 1 is 1.17 bits per heavy atom. The van der Waals surface area contributed by atoms with E-state index in [9.17, 15) is 13.2 Å². The number of amides is 1. The monoisotopic (exact) mass is 498 g/mol. The van der Waals surface area contributed by atoms with Crippen LogP contribution in [0.2, 0.25) is 0 Å². The van der Waals surface area contributed by atoms with Crippen molar-refractivity contribution in [3.05, 3.63) is 48.5 Å². The first kappa shape index (κ1) is 25.1. The summed E-state index contributed by atoms with van der Waals surface area (Å²) < 4.78 is 30.1. The number of nitrogens with two attached hydrogens (primary N) is 1. The van der Waals surface area contributed by atoms with Gasteiger partial charge in [0.05, 0.1) is 23.2 Å². The summed E-state index contributed by atoms with van der Waals surface area (Å²) in [6.45, 7) is 8.09. The lowest BCUT2D eigenvalue weighted by atomic mass is 9.96. The number of hydrogen-bond donors (Lipinski definition) is 1. The molecule has 1 fully saturated rings. The van der Waals surface area contributed by atoms with Crippen molar-refractivity contribution in [1.82, 2.24) is 23.7 Å². The number of hydrogen-bond acceptors (Lipinski definition) is 6. The number of imidazole rings is 1. The average Bonchev–Trinajstić information content (AvgIpc) is 3.14. The minimum absolute atomic E-state index is 0.0838. The number of carbonyl (C=O) groups excluding carboxylic acids is 1. The maximum absolute atomic E-state index is 13.3. The van der Waals surface area contributed by atoms with Gasteiger partial charge < -0.3 is 15.2 Å². The maximum Gasteiger partial charge on any atom is 0.243 e. The van der Waals surface area contributed by atoms with Gasteiger partial charge in [0.25, 0.3) is 0 Å². The van der Waals surface area contributed by atoms with Gasteiger partial charge in [-0.25, -0.2) is 13.4 Å². The Bertz CT molecular complexity index is 1280. The lowest BCUT2D eigenvalue weighted by Crippen LogP contribution is -2.47. The highest BCUT2D eigenvalue weighted by molar-refractivity contribution is 7.89. The molecule has 2 aromatic heterocycles. The molecule has 188 valence electrons. The summed E-state index contributed by atoms with van der Waals surface area (Å²) in [6.07, 6.45) is 5.29. The Labute approximate surface area is 207 Å². The van der Waals surface area contributed by atoms with Crippen LogP contribution in [0.25, 0.3) is 11.0 Å². The van der Waals surface area contributed by atoms with Crippen LogP contribution in [0.5, 0.6) is 0 Å². The smallest absolute Gasteiger partial charge is 0.243 e. The van der Waals surface area contributed by atoms with Crippen molar-refractivity contribution in [3.8, 4) is 0 Å². The van der Waals surface area contributed by atoms with E-state index in [-0.39, 0.29) is 29.8 Å². The molecule has 1 saturated heterocycles. The Hall–Kier alpha value is -2.98. The summed E-state index contributed by atoms with van der Waals surface area (Å²) in [4.78, 5) is 23.8. The fourth-order valence-electron chi connectivity index (χ4n) is 4.65. The average molecular weight is 499 g/mol. The summed E-state index contributed by atoms with van der Waals surface area (Å²) in [5.41, 5.74) is 8.18. The van der Waals surface area contributed by atoms with E-state index < -0.39 is 10.0 Å². The molecule has 4 rings (SSSR count). The quantitative estimate of drug-likeness (QED) is 0.478. The van der Waals surface area contributed by atoms with Crippen molar-refractivity contribution in [1.29, 1.82) is 0 Å². The minimum atomic E-state index is -3.80. The molecular formula is C25H34N6O3S. The molecule has 0 bridgehead atoms. The molecule has 0 atom stereocenters. The van der Waals surface area contributed by atoms with Gasteiger partial charge in [0.15, 0.2) is 0 Å². The van der Waals surface area contributed by atoms with Crippen LogP contribution in [0, 0.1) is 18.8 Å². The number of nitrogens with zero attached hydrogens (tertiary/aromatic N) is 5. The molecule has 0 spiro atoms. The second-order valence-electron chi connectivity index (χ2n) is 9.72. The van der Waals surface area contributed by atoms with Crippen molar-refractivity contribution in [2.45, 2.75) is 45.1 Å². The molecular weight excluding hydrogens is 464 g/mol. The van der Waals surface area contributed by atoms with E-state index in [1.54, 1.807) is 29.4 Å². The highest BCUT2D eigenvalue weighted by Crippen LogP contribution is 2.24. The molecule has 3 aromatic rings.